The van der Waals surface area contributed by atoms with E-state index in [1.807, 2.05) is 0 Å². The number of halogens is 6. The van der Waals surface area contributed by atoms with Crippen molar-refractivity contribution in [3.63, 3.8) is 0 Å². The van der Waals surface area contributed by atoms with Gasteiger partial charge in [-0.25, -0.2) is 13.8 Å². The van der Waals surface area contributed by atoms with Crippen molar-refractivity contribution in [1.29, 1.82) is 5.26 Å². The van der Waals surface area contributed by atoms with Crippen molar-refractivity contribution < 1.29 is 26.7 Å². The quantitative estimate of drug-likeness (QED) is 0.615. The Hall–Kier alpha value is -1.43. The Morgan fingerprint density at radius 1 is 1.42 bits per heavy atom. The van der Waals surface area contributed by atoms with Gasteiger partial charge in [0, 0.05) is 10.9 Å². The highest BCUT2D eigenvalue weighted by Crippen LogP contribution is 2.31. The third-order valence-corrected chi connectivity index (χ3v) is 2.64. The summed E-state index contributed by atoms with van der Waals surface area (Å²) >= 11 is 2.96. The van der Waals surface area contributed by atoms with Crippen LogP contribution in [-0.4, -0.2) is 11.3 Å². The lowest BCUT2D eigenvalue weighted by Gasteiger charge is -2.15. The summed E-state index contributed by atoms with van der Waals surface area (Å²) in [6, 6.07) is 2.58. The number of nitriles is 1. The molecule has 1 heterocycles. The molecule has 0 bridgehead atoms. The first-order chi connectivity index (χ1) is 8.78. The van der Waals surface area contributed by atoms with Crippen LogP contribution in [0.15, 0.2) is 6.07 Å². The molecule has 19 heavy (non-hydrogen) atoms. The molecule has 1 aromatic rings. The smallest absolute Gasteiger partial charge is 0.388 e. The number of nitrogens with zero attached hydrogens (tertiary/aromatic N) is 2. The molecule has 0 fully saturated rings. The third kappa shape index (κ3) is 4.31. The van der Waals surface area contributed by atoms with Gasteiger partial charge in [0.05, 0.1) is 12.5 Å². The minimum absolute atomic E-state index is 0.000467. The van der Waals surface area contributed by atoms with Gasteiger partial charge in [-0.2, -0.15) is 5.26 Å². The van der Waals surface area contributed by atoms with Gasteiger partial charge in [-0.3, -0.25) is 0 Å². The number of ether oxygens (including phenoxy) is 1. The first-order valence-corrected chi connectivity index (χ1v) is 5.90. The number of hydrogen-bond donors (Lipinski definition) is 0. The first kappa shape index (κ1) is 15.6. The van der Waals surface area contributed by atoms with Gasteiger partial charge >= 0.3 is 6.36 Å². The van der Waals surface area contributed by atoms with Crippen LogP contribution in [0.3, 0.4) is 0 Å². The molecule has 0 amide bonds. The zero-order chi connectivity index (χ0) is 14.6. The van der Waals surface area contributed by atoms with Gasteiger partial charge in [-0.1, -0.05) is 15.9 Å². The summed E-state index contributed by atoms with van der Waals surface area (Å²) in [4.78, 5) is 3.12. The van der Waals surface area contributed by atoms with Crippen LogP contribution < -0.4 is 4.74 Å². The van der Waals surface area contributed by atoms with E-state index in [4.69, 9.17) is 5.26 Å². The van der Waals surface area contributed by atoms with E-state index in [0.29, 0.717) is 0 Å². The zero-order valence-electron chi connectivity index (χ0n) is 9.14. The topological polar surface area (TPSA) is 45.9 Å². The predicted molar refractivity (Wildman–Crippen MR) is 57.8 cm³/mol. The number of pyridine rings is 1. The predicted octanol–water partition coefficient (Wildman–Crippen LogP) is 3.88. The summed E-state index contributed by atoms with van der Waals surface area (Å²) in [5.41, 5.74) is -0.900. The Labute approximate surface area is 113 Å². The molecule has 3 nitrogen and oxygen atoms in total. The second kappa shape index (κ2) is 6.14. The molecule has 0 aliphatic heterocycles. The zero-order valence-corrected chi connectivity index (χ0v) is 10.7. The fourth-order valence-electron chi connectivity index (χ4n) is 1.31. The summed E-state index contributed by atoms with van der Waals surface area (Å²) in [6.07, 6.45) is -8.53. The summed E-state index contributed by atoms with van der Waals surface area (Å²) in [6.45, 7) is 0. The summed E-state index contributed by atoms with van der Waals surface area (Å²) < 4.78 is 65.2. The molecule has 0 aromatic carbocycles. The van der Waals surface area contributed by atoms with Crippen LogP contribution in [0.1, 0.15) is 23.2 Å². The van der Waals surface area contributed by atoms with E-state index in [-0.39, 0.29) is 16.5 Å². The highest BCUT2D eigenvalue weighted by Gasteiger charge is 2.34. The van der Waals surface area contributed by atoms with Crippen molar-refractivity contribution in [2.24, 2.45) is 0 Å². The lowest BCUT2D eigenvalue weighted by atomic mass is 10.1. The highest BCUT2D eigenvalue weighted by atomic mass is 79.9. The van der Waals surface area contributed by atoms with E-state index in [9.17, 15) is 22.0 Å². The average Bonchev–Trinajstić information content (AvgIpc) is 2.29. The van der Waals surface area contributed by atoms with Crippen LogP contribution >= 0.6 is 15.9 Å². The molecule has 0 atom stereocenters. The van der Waals surface area contributed by atoms with Crippen LogP contribution in [-0.2, 0) is 11.8 Å². The second-order valence-corrected chi connectivity index (χ2v) is 3.87. The SMILES string of the molecule is N#CCc1c(CBr)cc(C(F)F)nc1OC(F)(F)F. The molecule has 0 N–H and O–H groups in total. The molecule has 0 unspecified atom stereocenters. The molecule has 0 aliphatic carbocycles. The second-order valence-electron chi connectivity index (χ2n) is 3.31. The van der Waals surface area contributed by atoms with Gasteiger partial charge in [0.25, 0.3) is 6.43 Å². The van der Waals surface area contributed by atoms with Gasteiger partial charge in [0.2, 0.25) is 5.88 Å². The van der Waals surface area contributed by atoms with Crippen molar-refractivity contribution >= 4 is 15.9 Å². The van der Waals surface area contributed by atoms with Crippen LogP contribution in [0.25, 0.3) is 0 Å². The van der Waals surface area contributed by atoms with Gasteiger partial charge in [-0.05, 0) is 11.6 Å². The minimum atomic E-state index is -5.07. The van der Waals surface area contributed by atoms with E-state index < -0.39 is 30.8 Å². The Kier molecular flexibility index (Phi) is 5.05. The van der Waals surface area contributed by atoms with Gasteiger partial charge in [0.15, 0.2) is 0 Å². The first-order valence-electron chi connectivity index (χ1n) is 4.78. The number of aromatic nitrogens is 1. The Bertz CT molecular complexity index is 498. The largest absolute Gasteiger partial charge is 0.574 e. The fraction of sp³-hybridized carbons (Fsp3) is 0.400. The maximum absolute atomic E-state index is 12.5. The number of alkyl halides is 6. The number of rotatable bonds is 4. The standard InChI is InChI=1S/C10H6BrF5N2O/c11-4-5-3-7(8(12)13)18-9(6(5)1-2-17)19-10(14,15)16/h3,8H,1,4H2. The Balaban J connectivity index is 3.37. The van der Waals surface area contributed by atoms with E-state index in [1.54, 1.807) is 6.07 Å². The minimum Gasteiger partial charge on any atom is -0.388 e. The van der Waals surface area contributed by atoms with E-state index in [0.717, 1.165) is 6.07 Å². The van der Waals surface area contributed by atoms with Crippen molar-refractivity contribution in [3.05, 3.63) is 22.9 Å². The van der Waals surface area contributed by atoms with Crippen LogP contribution in [0.2, 0.25) is 0 Å². The molecule has 0 saturated heterocycles. The van der Waals surface area contributed by atoms with E-state index >= 15 is 0 Å². The Morgan fingerprint density at radius 2 is 2.05 bits per heavy atom. The highest BCUT2D eigenvalue weighted by molar-refractivity contribution is 9.08. The number of hydrogen-bond acceptors (Lipinski definition) is 3. The maximum Gasteiger partial charge on any atom is 0.574 e. The lowest BCUT2D eigenvalue weighted by Crippen LogP contribution is -2.20. The van der Waals surface area contributed by atoms with Crippen molar-refractivity contribution in [2.75, 3.05) is 0 Å². The molecule has 9 heteroatoms. The van der Waals surface area contributed by atoms with E-state index in [1.165, 1.54) is 0 Å². The molecule has 0 radical (unpaired) electrons. The molecule has 0 spiro atoms. The van der Waals surface area contributed by atoms with Crippen LogP contribution in [0.5, 0.6) is 5.88 Å². The van der Waals surface area contributed by atoms with E-state index in [2.05, 4.69) is 25.7 Å². The lowest BCUT2D eigenvalue weighted by molar-refractivity contribution is -0.276. The van der Waals surface area contributed by atoms with Crippen molar-refractivity contribution in [2.45, 2.75) is 24.5 Å². The summed E-state index contributed by atoms with van der Waals surface area (Å²) in [7, 11) is 0. The molecular formula is C10H6BrF5N2O. The molecular weight excluding hydrogens is 339 g/mol. The third-order valence-electron chi connectivity index (χ3n) is 2.03. The fourth-order valence-corrected chi connectivity index (χ4v) is 1.81. The van der Waals surface area contributed by atoms with Crippen LogP contribution in [0.4, 0.5) is 22.0 Å². The normalized spacial score (nSPS) is 11.5. The van der Waals surface area contributed by atoms with Crippen molar-refractivity contribution in [1.82, 2.24) is 4.98 Å². The average molecular weight is 345 g/mol. The molecule has 0 aliphatic rings. The van der Waals surface area contributed by atoms with Gasteiger partial charge in [-0.15, -0.1) is 13.2 Å². The molecule has 0 saturated carbocycles. The molecule has 1 aromatic heterocycles. The summed E-state index contributed by atoms with van der Waals surface area (Å²) in [5, 5.41) is 8.56. The van der Waals surface area contributed by atoms with Crippen LogP contribution in [0, 0.1) is 11.3 Å². The van der Waals surface area contributed by atoms with Crippen molar-refractivity contribution in [3.8, 4) is 11.9 Å². The Morgan fingerprint density at radius 3 is 2.47 bits per heavy atom. The maximum atomic E-state index is 12.5. The van der Waals surface area contributed by atoms with Gasteiger partial charge in [0.1, 0.15) is 5.69 Å². The van der Waals surface area contributed by atoms with Gasteiger partial charge < -0.3 is 4.74 Å². The monoisotopic (exact) mass is 344 g/mol. The molecule has 1 rings (SSSR count). The molecule has 104 valence electrons. The summed E-state index contributed by atoms with van der Waals surface area (Å²) in [5.74, 6) is -1.01.